The predicted octanol–water partition coefficient (Wildman–Crippen LogP) is 6.17. The molecule has 2 aliphatic rings. The van der Waals surface area contributed by atoms with Gasteiger partial charge in [-0.15, -0.1) is 0 Å². The van der Waals surface area contributed by atoms with Crippen LogP contribution in [-0.2, 0) is 4.79 Å². The summed E-state index contributed by atoms with van der Waals surface area (Å²) in [6.07, 6.45) is 3.96. The lowest BCUT2D eigenvalue weighted by Gasteiger charge is -2.30. The molecule has 0 radical (unpaired) electrons. The highest BCUT2D eigenvalue weighted by Gasteiger charge is 2.37. The van der Waals surface area contributed by atoms with Gasteiger partial charge in [0.1, 0.15) is 4.91 Å². The van der Waals surface area contributed by atoms with Crippen LogP contribution in [0.5, 0.6) is 0 Å². The maximum atomic E-state index is 13.3. The summed E-state index contributed by atoms with van der Waals surface area (Å²) in [5.74, 6) is -1.29. The Labute approximate surface area is 223 Å². The number of nitrogens with zero attached hydrogens (tertiary/aromatic N) is 3. The topological polar surface area (TPSA) is 64.1 Å². The predicted molar refractivity (Wildman–Crippen MR) is 155 cm³/mol. The molecule has 0 atom stereocenters. The number of carbonyl (C=O) groups excluding carboxylic acids is 1. The molecule has 0 aliphatic carbocycles. The largest absolute Gasteiger partial charge is 0.478 e. The number of carboxylic acids is 1. The van der Waals surface area contributed by atoms with Crippen molar-refractivity contribution in [3.8, 4) is 0 Å². The fourth-order valence-corrected chi connectivity index (χ4v) is 5.53. The zero-order chi connectivity index (χ0) is 26.4. The minimum atomic E-state index is -1.05. The molecule has 0 spiro atoms. The van der Waals surface area contributed by atoms with Crippen molar-refractivity contribution in [2.24, 2.45) is 0 Å². The van der Waals surface area contributed by atoms with Gasteiger partial charge in [-0.1, -0.05) is 68.5 Å². The highest BCUT2D eigenvalue weighted by Crippen LogP contribution is 2.41. The van der Waals surface area contributed by atoms with Crippen LogP contribution in [0.1, 0.15) is 49.2 Å². The summed E-state index contributed by atoms with van der Waals surface area (Å²) in [6.45, 7) is 14.9. The van der Waals surface area contributed by atoms with Crippen molar-refractivity contribution in [3.63, 3.8) is 0 Å². The van der Waals surface area contributed by atoms with Crippen LogP contribution in [0.3, 0.4) is 0 Å². The summed E-state index contributed by atoms with van der Waals surface area (Å²) in [7, 11) is 0. The number of rotatable bonds is 6. The smallest absolute Gasteiger partial charge is 0.335 e. The van der Waals surface area contributed by atoms with E-state index in [1.165, 1.54) is 54.0 Å². The number of benzene rings is 2. The Morgan fingerprint density at radius 3 is 2.31 bits per heavy atom. The molecule has 2 aliphatic heterocycles. The van der Waals surface area contributed by atoms with Crippen LogP contribution >= 0.6 is 24.0 Å². The van der Waals surface area contributed by atoms with E-state index in [-0.39, 0.29) is 11.5 Å². The molecule has 8 heteroatoms. The summed E-state index contributed by atoms with van der Waals surface area (Å²) < 4.78 is 0.388. The summed E-state index contributed by atoms with van der Waals surface area (Å²) >= 11 is 6.71. The summed E-state index contributed by atoms with van der Waals surface area (Å²) in [5.41, 5.74) is 4.72. The molecule has 4 rings (SSSR count). The third-order valence-corrected chi connectivity index (χ3v) is 7.57. The highest BCUT2D eigenvalue weighted by molar-refractivity contribution is 8.27. The van der Waals surface area contributed by atoms with Gasteiger partial charge in [0.05, 0.1) is 16.9 Å². The molecule has 2 aromatic rings. The first-order valence-electron chi connectivity index (χ1n) is 12.2. The summed E-state index contributed by atoms with van der Waals surface area (Å²) in [4.78, 5) is 31.0. The first kappa shape index (κ1) is 27.6. The number of amides is 1. The first-order chi connectivity index (χ1) is 17.2. The van der Waals surface area contributed by atoms with Crippen molar-refractivity contribution < 1.29 is 14.7 Å². The van der Waals surface area contributed by atoms with Gasteiger partial charge in [0.15, 0.2) is 4.32 Å². The number of anilines is 2. The number of thioether (sulfide) groups is 1. The van der Waals surface area contributed by atoms with E-state index in [1.807, 2.05) is 19.1 Å². The third-order valence-electron chi connectivity index (χ3n) is 6.20. The van der Waals surface area contributed by atoms with Gasteiger partial charge in [0, 0.05) is 12.2 Å². The molecule has 36 heavy (non-hydrogen) atoms. The fraction of sp³-hybridized carbons (Fsp3) is 0.321. The summed E-state index contributed by atoms with van der Waals surface area (Å²) in [6, 6.07) is 12.5. The lowest BCUT2D eigenvalue weighted by Crippen LogP contribution is -2.30. The lowest BCUT2D eigenvalue weighted by atomic mass is 10.0. The monoisotopic (exact) mass is 523 g/mol. The van der Waals surface area contributed by atoms with Gasteiger partial charge in [-0.3, -0.25) is 9.69 Å². The molecule has 0 saturated carbocycles. The number of thiocarbonyl (C=S) groups is 1. The number of hydrogen-bond donors (Lipinski definition) is 1. The first-order valence-corrected chi connectivity index (χ1v) is 13.4. The molecule has 6 nitrogen and oxygen atoms in total. The maximum absolute atomic E-state index is 13.3. The second-order valence-corrected chi connectivity index (χ2v) is 9.98. The Bertz CT molecular complexity index is 1210. The number of aromatic carboxylic acids is 1. The van der Waals surface area contributed by atoms with E-state index in [0.29, 0.717) is 21.5 Å². The van der Waals surface area contributed by atoms with Crippen molar-refractivity contribution in [2.75, 3.05) is 36.0 Å². The van der Waals surface area contributed by atoms with Crippen molar-refractivity contribution >= 4 is 57.6 Å². The van der Waals surface area contributed by atoms with Crippen molar-refractivity contribution in [1.82, 2.24) is 4.90 Å². The fourth-order valence-electron chi connectivity index (χ4n) is 4.18. The SMILES string of the molecule is CCN(CC)CC.CCN1C(=C2SC(=S)N(c3cccc(C(=O)O)c3)C2=O)C=Cc2cc(C)ccc21. The van der Waals surface area contributed by atoms with Crippen LogP contribution in [0.25, 0.3) is 6.08 Å². The van der Waals surface area contributed by atoms with E-state index in [0.717, 1.165) is 16.9 Å². The molecule has 0 bridgehead atoms. The zero-order valence-electron chi connectivity index (χ0n) is 21.4. The molecule has 1 saturated heterocycles. The van der Waals surface area contributed by atoms with E-state index in [1.54, 1.807) is 12.1 Å². The second kappa shape index (κ2) is 12.3. The molecule has 1 fully saturated rings. The van der Waals surface area contributed by atoms with Crippen LogP contribution in [0, 0.1) is 6.92 Å². The molecule has 2 heterocycles. The van der Waals surface area contributed by atoms with E-state index >= 15 is 0 Å². The van der Waals surface area contributed by atoms with Crippen LogP contribution < -0.4 is 9.80 Å². The normalized spacial score (nSPS) is 16.8. The van der Waals surface area contributed by atoms with E-state index in [9.17, 15) is 14.7 Å². The van der Waals surface area contributed by atoms with Gasteiger partial charge < -0.3 is 14.9 Å². The maximum Gasteiger partial charge on any atom is 0.335 e. The zero-order valence-corrected chi connectivity index (χ0v) is 23.1. The van der Waals surface area contributed by atoms with Crippen LogP contribution in [-0.4, -0.2) is 52.4 Å². The van der Waals surface area contributed by atoms with E-state index in [4.69, 9.17) is 12.2 Å². The Kier molecular flexibility index (Phi) is 9.48. The van der Waals surface area contributed by atoms with Gasteiger partial charge >= 0.3 is 5.97 Å². The lowest BCUT2D eigenvalue weighted by molar-refractivity contribution is -0.113. The van der Waals surface area contributed by atoms with E-state index in [2.05, 4.69) is 55.7 Å². The molecular weight excluding hydrogens is 490 g/mol. The molecular formula is C28H33N3O3S2. The number of aryl methyl sites for hydroxylation is 1. The van der Waals surface area contributed by atoms with Crippen LogP contribution in [0.2, 0.25) is 0 Å². The third kappa shape index (κ3) is 5.88. The van der Waals surface area contributed by atoms with Gasteiger partial charge in [-0.05, 0) is 75.5 Å². The standard InChI is InChI=1S/C22H18N2O3S2.C6H15N/c1-3-23-17-9-7-13(2)11-14(17)8-10-18(23)19-20(25)24(22(28)29-19)16-6-4-5-15(12-16)21(26)27;1-4-7(5-2)6-3/h4-12H,3H2,1-2H3,(H,26,27);4-6H2,1-3H3. The Morgan fingerprint density at radius 2 is 1.72 bits per heavy atom. The number of carbonyl (C=O) groups is 2. The molecule has 190 valence electrons. The van der Waals surface area contributed by atoms with Gasteiger partial charge in [0.2, 0.25) is 0 Å². The summed E-state index contributed by atoms with van der Waals surface area (Å²) in [5, 5.41) is 9.25. The molecule has 0 aromatic heterocycles. The Balaban J connectivity index is 0.000000454. The molecule has 1 amide bonds. The van der Waals surface area contributed by atoms with Crippen LogP contribution in [0.4, 0.5) is 11.4 Å². The molecule has 0 unspecified atom stereocenters. The molecule has 2 aromatic carbocycles. The Hall–Kier alpha value is -2.94. The van der Waals surface area contributed by atoms with Gasteiger partial charge in [-0.25, -0.2) is 4.79 Å². The van der Waals surface area contributed by atoms with E-state index < -0.39 is 5.97 Å². The van der Waals surface area contributed by atoms with Gasteiger partial charge in [0.25, 0.3) is 5.91 Å². The number of carboxylic acid groups (broad SMARTS) is 1. The number of fused-ring (bicyclic) bond motifs is 1. The second-order valence-electron chi connectivity index (χ2n) is 8.34. The van der Waals surface area contributed by atoms with Gasteiger partial charge in [-0.2, -0.15) is 0 Å². The number of hydrogen-bond acceptors (Lipinski definition) is 6. The Morgan fingerprint density at radius 1 is 1.03 bits per heavy atom. The quantitative estimate of drug-likeness (QED) is 0.359. The number of likely N-dealkylation sites (N-methyl/N-ethyl adjacent to an activating group) is 1. The average molecular weight is 524 g/mol. The number of allylic oxidation sites excluding steroid dienone is 1. The molecule has 1 N–H and O–H groups in total. The minimum Gasteiger partial charge on any atom is -0.478 e. The minimum absolute atomic E-state index is 0.112. The average Bonchev–Trinajstić information content (AvgIpc) is 3.18. The van der Waals surface area contributed by atoms with Crippen molar-refractivity contribution in [3.05, 3.63) is 75.8 Å². The van der Waals surface area contributed by atoms with Crippen molar-refractivity contribution in [1.29, 1.82) is 0 Å². The highest BCUT2D eigenvalue weighted by atomic mass is 32.2. The van der Waals surface area contributed by atoms with Crippen LogP contribution in [0.15, 0.2) is 59.1 Å². The van der Waals surface area contributed by atoms with Crippen molar-refractivity contribution in [2.45, 2.75) is 34.6 Å².